The van der Waals surface area contributed by atoms with E-state index in [-0.39, 0.29) is 31.0 Å². The van der Waals surface area contributed by atoms with Crippen LogP contribution in [0.2, 0.25) is 0 Å². The molecule has 0 aliphatic rings. The fraction of sp³-hybridized carbons (Fsp3) is 0.432. The smallest absolute Gasteiger partial charge is 0.426 e. The normalized spacial score (nSPS) is 13.8. The van der Waals surface area contributed by atoms with E-state index in [1.165, 1.54) is 53.7 Å². The molecule has 2 aromatic heterocycles. The van der Waals surface area contributed by atoms with Crippen molar-refractivity contribution in [2.24, 2.45) is 5.92 Å². The Morgan fingerprint density at radius 1 is 0.803 bits per heavy atom. The number of carbonyl (C=O) groups excluding carboxylic acids is 2. The Hall–Kier alpha value is -5.55. The van der Waals surface area contributed by atoms with E-state index in [1.807, 2.05) is 18.2 Å². The molecule has 330 valence electrons. The average Bonchev–Trinajstić information content (AvgIpc) is 3.64. The fourth-order valence-corrected chi connectivity index (χ4v) is 5.95. The number of hydrogen-bond acceptors (Lipinski definition) is 10. The van der Waals surface area contributed by atoms with Gasteiger partial charge in [-0.1, -0.05) is 72.8 Å². The Morgan fingerprint density at radius 2 is 1.36 bits per heavy atom. The first kappa shape index (κ1) is 48.1. The van der Waals surface area contributed by atoms with Gasteiger partial charge < -0.3 is 23.4 Å². The van der Waals surface area contributed by atoms with Gasteiger partial charge in [-0.15, -0.1) is 23.4 Å². The van der Waals surface area contributed by atoms with Crippen molar-refractivity contribution in [2.45, 2.75) is 110 Å². The van der Waals surface area contributed by atoms with Crippen LogP contribution in [-0.4, -0.2) is 51.4 Å². The Morgan fingerprint density at radius 3 is 1.85 bits per heavy atom. The zero-order valence-electron chi connectivity index (χ0n) is 34.9. The summed E-state index contributed by atoms with van der Waals surface area (Å²) in [6.45, 7) is 15.5. The Balaban J connectivity index is 1.99. The van der Waals surface area contributed by atoms with E-state index in [4.69, 9.17) is 23.4 Å². The summed E-state index contributed by atoms with van der Waals surface area (Å²) in [5.74, 6) is -2.67. The summed E-state index contributed by atoms with van der Waals surface area (Å²) >= 11 is 0. The molecule has 17 heteroatoms. The lowest BCUT2D eigenvalue weighted by Crippen LogP contribution is -2.45. The number of benzene rings is 2. The standard InChI is InChI=1S/C44H50F6N4O7/c1-9-11-23-42(44(48,49)50,58-28-30-21-16-13-17-22-30)37-53-52-36(59-37)35-34(54(38(55)60-40(3,4)5)39(56)61-41(6,7)8)25-32(43(45,46)47)33(51-35)24-31(18-10-2)27-57-26-29-19-14-12-15-20-29/h9-10,12-17,19-22,25,31H,1-2,11,18,23-24,26-28H2,3-8H3/t31-,42-/m1/s1. The van der Waals surface area contributed by atoms with Crippen LogP contribution >= 0.6 is 0 Å². The van der Waals surface area contributed by atoms with Crippen LogP contribution in [0.25, 0.3) is 11.6 Å². The second-order valence-corrected chi connectivity index (χ2v) is 16.1. The van der Waals surface area contributed by atoms with Gasteiger partial charge in [0.2, 0.25) is 5.60 Å². The first-order valence-electron chi connectivity index (χ1n) is 19.3. The molecule has 0 N–H and O–H groups in total. The molecule has 4 aromatic rings. The molecule has 4 rings (SSSR count). The number of pyridine rings is 1. The molecular formula is C44H50F6N4O7. The molecule has 0 aliphatic heterocycles. The summed E-state index contributed by atoms with van der Waals surface area (Å²) in [5, 5.41) is 7.56. The van der Waals surface area contributed by atoms with Gasteiger partial charge >= 0.3 is 24.5 Å². The topological polar surface area (TPSA) is 126 Å². The summed E-state index contributed by atoms with van der Waals surface area (Å²) in [6, 6.07) is 17.5. The highest BCUT2D eigenvalue weighted by atomic mass is 19.4. The van der Waals surface area contributed by atoms with Crippen LogP contribution in [-0.2, 0) is 50.4 Å². The number of alkyl halides is 6. The van der Waals surface area contributed by atoms with Crippen LogP contribution in [0, 0.1) is 5.92 Å². The zero-order chi connectivity index (χ0) is 45.2. The monoisotopic (exact) mass is 860 g/mol. The molecule has 0 radical (unpaired) electrons. The number of halogens is 6. The highest BCUT2D eigenvalue weighted by molar-refractivity contribution is 6.11. The van der Waals surface area contributed by atoms with Gasteiger partial charge in [-0.3, -0.25) is 0 Å². The van der Waals surface area contributed by atoms with Gasteiger partial charge in [-0.25, -0.2) is 14.6 Å². The second-order valence-electron chi connectivity index (χ2n) is 16.1. The third-order valence-corrected chi connectivity index (χ3v) is 8.69. The van der Waals surface area contributed by atoms with Crippen LogP contribution in [0.4, 0.5) is 41.6 Å². The SMILES string of the molecule is C=CCC[C@@](OCc1ccccc1)(c1nnc(-c2nc(C[C@@H](CC=C)COCc3ccccc3)c(C(F)(F)F)cc2N(C(=O)OC(C)(C)C)C(=O)OC(C)(C)C)o1)C(F)(F)F. The number of rotatable bonds is 17. The van der Waals surface area contributed by atoms with Crippen molar-refractivity contribution >= 4 is 17.9 Å². The number of nitrogens with zero attached hydrogens (tertiary/aromatic N) is 4. The summed E-state index contributed by atoms with van der Waals surface area (Å²) in [6.07, 6.45) is -11.9. The second kappa shape index (κ2) is 19.9. The lowest BCUT2D eigenvalue weighted by molar-refractivity contribution is -0.299. The van der Waals surface area contributed by atoms with Gasteiger partial charge in [0.25, 0.3) is 11.8 Å². The molecule has 61 heavy (non-hydrogen) atoms. The van der Waals surface area contributed by atoms with Gasteiger partial charge in [0.05, 0.1) is 36.8 Å². The molecule has 0 saturated carbocycles. The van der Waals surface area contributed by atoms with Gasteiger partial charge in [0.15, 0.2) is 5.69 Å². The van der Waals surface area contributed by atoms with Gasteiger partial charge in [-0.2, -0.15) is 31.2 Å². The Kier molecular flexibility index (Phi) is 15.7. The minimum absolute atomic E-state index is 0.0558. The van der Waals surface area contributed by atoms with Crippen molar-refractivity contribution in [3.63, 3.8) is 0 Å². The Bertz CT molecular complexity index is 2070. The molecule has 2 heterocycles. The molecule has 0 saturated heterocycles. The number of amides is 2. The molecule has 0 spiro atoms. The highest BCUT2D eigenvalue weighted by Gasteiger charge is 2.61. The first-order chi connectivity index (χ1) is 28.5. The van der Waals surface area contributed by atoms with Gasteiger partial charge in [0.1, 0.15) is 11.2 Å². The van der Waals surface area contributed by atoms with Crippen LogP contribution in [0.5, 0.6) is 0 Å². The van der Waals surface area contributed by atoms with Crippen LogP contribution in [0.1, 0.15) is 89.1 Å². The predicted molar refractivity (Wildman–Crippen MR) is 214 cm³/mol. The lowest BCUT2D eigenvalue weighted by atomic mass is 9.96. The van der Waals surface area contributed by atoms with E-state index in [0.29, 0.717) is 11.6 Å². The molecule has 0 bridgehead atoms. The maximum atomic E-state index is 15.3. The number of anilines is 1. The number of ether oxygens (including phenoxy) is 4. The molecule has 2 atom stereocenters. The van der Waals surface area contributed by atoms with Crippen molar-refractivity contribution in [2.75, 3.05) is 11.5 Å². The summed E-state index contributed by atoms with van der Waals surface area (Å²) < 4.78 is 120. The molecule has 2 amide bonds. The molecule has 0 unspecified atom stereocenters. The number of imide groups is 1. The van der Waals surface area contributed by atoms with Crippen LogP contribution < -0.4 is 4.90 Å². The summed E-state index contributed by atoms with van der Waals surface area (Å²) in [5.41, 5.74) is -8.40. The Labute approximate surface area is 350 Å². The van der Waals surface area contributed by atoms with Crippen molar-refractivity contribution in [1.29, 1.82) is 0 Å². The minimum atomic E-state index is -5.20. The maximum Gasteiger partial charge on any atom is 0.426 e. The largest absolute Gasteiger partial charge is 0.443 e. The summed E-state index contributed by atoms with van der Waals surface area (Å²) in [7, 11) is 0. The average molecular weight is 861 g/mol. The number of aromatic nitrogens is 3. The molecular weight excluding hydrogens is 810 g/mol. The van der Waals surface area contributed by atoms with E-state index in [2.05, 4.69) is 28.3 Å². The first-order valence-corrected chi connectivity index (χ1v) is 19.3. The maximum absolute atomic E-state index is 15.3. The van der Waals surface area contributed by atoms with E-state index in [9.17, 15) is 9.59 Å². The quantitative estimate of drug-likeness (QED) is 0.0748. The van der Waals surface area contributed by atoms with Crippen molar-refractivity contribution in [1.82, 2.24) is 15.2 Å². The minimum Gasteiger partial charge on any atom is -0.443 e. The van der Waals surface area contributed by atoms with Crippen molar-refractivity contribution in [3.8, 4) is 11.6 Å². The summed E-state index contributed by atoms with van der Waals surface area (Å²) in [4.78, 5) is 32.2. The van der Waals surface area contributed by atoms with Crippen molar-refractivity contribution < 1.29 is 59.3 Å². The van der Waals surface area contributed by atoms with E-state index < -0.39 is 101 Å². The van der Waals surface area contributed by atoms with Gasteiger partial charge in [0, 0.05) is 0 Å². The van der Waals surface area contributed by atoms with E-state index >= 15 is 26.3 Å². The number of carbonyl (C=O) groups is 2. The predicted octanol–water partition coefficient (Wildman–Crippen LogP) is 11.7. The number of allylic oxidation sites excluding steroid dienone is 2. The zero-order valence-corrected chi connectivity index (χ0v) is 34.9. The van der Waals surface area contributed by atoms with Crippen molar-refractivity contribution in [3.05, 3.63) is 120 Å². The van der Waals surface area contributed by atoms with E-state index in [0.717, 1.165) is 5.56 Å². The molecule has 11 nitrogen and oxygen atoms in total. The van der Waals surface area contributed by atoms with Gasteiger partial charge in [-0.05, 0) is 90.3 Å². The molecule has 2 aromatic carbocycles. The third-order valence-electron chi connectivity index (χ3n) is 8.69. The third kappa shape index (κ3) is 13.2. The highest BCUT2D eigenvalue weighted by Crippen LogP contribution is 2.47. The van der Waals surface area contributed by atoms with Crippen LogP contribution in [0.3, 0.4) is 0 Å². The lowest BCUT2D eigenvalue weighted by Gasteiger charge is -2.32. The fourth-order valence-electron chi connectivity index (χ4n) is 5.95. The van der Waals surface area contributed by atoms with E-state index in [1.54, 1.807) is 42.5 Å². The van der Waals surface area contributed by atoms with Crippen LogP contribution in [0.15, 0.2) is 96.5 Å². The molecule has 0 aliphatic carbocycles. The molecule has 0 fully saturated rings. The number of hydrogen-bond donors (Lipinski definition) is 0.